The van der Waals surface area contributed by atoms with Gasteiger partial charge in [-0.05, 0) is 29.8 Å². The molecule has 172 valence electrons. The van der Waals surface area contributed by atoms with Crippen molar-refractivity contribution in [3.63, 3.8) is 0 Å². The van der Waals surface area contributed by atoms with Gasteiger partial charge in [0.05, 0.1) is 36.2 Å². The van der Waals surface area contributed by atoms with E-state index in [1.54, 1.807) is 7.11 Å². The van der Waals surface area contributed by atoms with Crippen LogP contribution in [0, 0.1) is 0 Å². The molecule has 0 saturated carbocycles. The predicted molar refractivity (Wildman–Crippen MR) is 115 cm³/mol. The number of carbonyl (C=O) groups excluding carboxylic acids is 1. The Labute approximate surface area is 187 Å². The molecule has 0 spiro atoms. The fourth-order valence-electron chi connectivity index (χ4n) is 3.74. The molecule has 2 amide bonds. The van der Waals surface area contributed by atoms with Gasteiger partial charge in [-0.25, -0.2) is 9.78 Å². The van der Waals surface area contributed by atoms with Crippen LogP contribution in [0.25, 0.3) is 0 Å². The Kier molecular flexibility index (Phi) is 6.08. The van der Waals surface area contributed by atoms with Crippen molar-refractivity contribution in [3.8, 4) is 5.75 Å². The highest BCUT2D eigenvalue weighted by atomic mass is 19.4. The van der Waals surface area contributed by atoms with Crippen LogP contribution in [-0.4, -0.2) is 34.6 Å². The molecule has 3 aromatic rings. The zero-order chi connectivity index (χ0) is 23.6. The zero-order valence-electron chi connectivity index (χ0n) is 17.7. The van der Waals surface area contributed by atoms with Crippen LogP contribution in [0.15, 0.2) is 53.3 Å². The van der Waals surface area contributed by atoms with Gasteiger partial charge in [0.25, 0.3) is 5.56 Å². The molecule has 4 rings (SSSR count). The average Bonchev–Trinajstić information content (AvgIpc) is 2.78. The topological polar surface area (TPSA) is 87.3 Å². The van der Waals surface area contributed by atoms with Crippen molar-refractivity contribution in [2.45, 2.75) is 25.6 Å². The molecule has 0 fully saturated rings. The summed E-state index contributed by atoms with van der Waals surface area (Å²) in [6.07, 6.45) is -3.88. The maximum atomic E-state index is 13.2. The van der Waals surface area contributed by atoms with Crippen LogP contribution in [0.4, 0.5) is 23.7 Å². The molecule has 0 radical (unpaired) electrons. The van der Waals surface area contributed by atoms with Crippen LogP contribution in [0.1, 0.15) is 28.2 Å². The van der Waals surface area contributed by atoms with Crippen LogP contribution < -0.4 is 15.6 Å². The minimum Gasteiger partial charge on any atom is -0.497 e. The summed E-state index contributed by atoms with van der Waals surface area (Å²) in [5, 5.41) is 2.31. The summed E-state index contributed by atoms with van der Waals surface area (Å²) in [4.78, 5) is 33.9. The first-order valence-corrected chi connectivity index (χ1v) is 10.2. The second-order valence-corrected chi connectivity index (χ2v) is 7.61. The third kappa shape index (κ3) is 5.00. The Morgan fingerprint density at radius 1 is 1.21 bits per heavy atom. The van der Waals surface area contributed by atoms with Crippen molar-refractivity contribution in [1.29, 1.82) is 0 Å². The number of carbonyl (C=O) groups is 1. The molecule has 0 unspecified atom stereocenters. The molecule has 7 nitrogen and oxygen atoms in total. The molecule has 1 aromatic heterocycles. The van der Waals surface area contributed by atoms with E-state index in [1.165, 1.54) is 23.1 Å². The molecular formula is C23H21F3N4O3. The number of hydrogen-bond donors (Lipinski definition) is 2. The van der Waals surface area contributed by atoms with Gasteiger partial charge in [-0.2, -0.15) is 13.2 Å². The Morgan fingerprint density at radius 2 is 2.00 bits per heavy atom. The number of benzene rings is 2. The number of methoxy groups -OCH3 is 1. The smallest absolute Gasteiger partial charge is 0.418 e. The quantitative estimate of drug-likeness (QED) is 0.619. The van der Waals surface area contributed by atoms with E-state index in [1.807, 2.05) is 24.3 Å². The first kappa shape index (κ1) is 22.4. The van der Waals surface area contributed by atoms with Crippen molar-refractivity contribution in [3.05, 3.63) is 87.1 Å². The lowest BCUT2D eigenvalue weighted by Crippen LogP contribution is -2.42. The monoisotopic (exact) mass is 458 g/mol. The fraction of sp³-hybridized carbons (Fsp3) is 0.261. The van der Waals surface area contributed by atoms with Crippen LogP contribution in [-0.2, 0) is 25.6 Å². The summed E-state index contributed by atoms with van der Waals surface area (Å²) in [6.45, 7) is 0.180. The number of amides is 2. The van der Waals surface area contributed by atoms with E-state index in [-0.39, 0.29) is 24.3 Å². The van der Waals surface area contributed by atoms with Crippen LogP contribution >= 0.6 is 0 Å². The van der Waals surface area contributed by atoms with Crippen molar-refractivity contribution in [2.75, 3.05) is 19.0 Å². The first-order valence-electron chi connectivity index (χ1n) is 10.2. The second-order valence-electron chi connectivity index (χ2n) is 7.61. The number of fused-ring (bicyclic) bond motifs is 1. The highest BCUT2D eigenvalue weighted by molar-refractivity contribution is 5.90. The van der Waals surface area contributed by atoms with Gasteiger partial charge in [0, 0.05) is 19.4 Å². The summed E-state index contributed by atoms with van der Waals surface area (Å²) in [5.74, 6) is 1.19. The lowest BCUT2D eigenvalue weighted by Gasteiger charge is -2.28. The van der Waals surface area contributed by atoms with E-state index < -0.39 is 17.8 Å². The Bertz CT molecular complexity index is 1240. The van der Waals surface area contributed by atoms with E-state index in [0.29, 0.717) is 35.7 Å². The fourth-order valence-corrected chi connectivity index (χ4v) is 3.74. The number of urea groups is 1. The number of anilines is 1. The number of rotatable bonds is 4. The van der Waals surface area contributed by atoms with Gasteiger partial charge in [0.1, 0.15) is 11.6 Å². The number of aromatic amines is 1. The van der Waals surface area contributed by atoms with E-state index in [4.69, 9.17) is 4.74 Å². The maximum Gasteiger partial charge on any atom is 0.418 e. The number of aromatic nitrogens is 2. The van der Waals surface area contributed by atoms with Crippen LogP contribution in [0.5, 0.6) is 5.75 Å². The minimum absolute atomic E-state index is 0.0445. The second kappa shape index (κ2) is 8.97. The summed E-state index contributed by atoms with van der Waals surface area (Å²) >= 11 is 0. The van der Waals surface area contributed by atoms with Crippen LogP contribution in [0.2, 0.25) is 0 Å². The summed E-state index contributed by atoms with van der Waals surface area (Å²) in [6, 6.07) is 11.5. The summed E-state index contributed by atoms with van der Waals surface area (Å²) in [7, 11) is 1.57. The third-order valence-electron chi connectivity index (χ3n) is 5.38. The number of nitrogens with zero attached hydrogens (tertiary/aromatic N) is 2. The number of ether oxygens (including phenoxy) is 1. The number of hydrogen-bond acceptors (Lipinski definition) is 4. The van der Waals surface area contributed by atoms with Gasteiger partial charge in [-0.15, -0.1) is 0 Å². The number of alkyl halides is 3. The van der Waals surface area contributed by atoms with E-state index in [9.17, 15) is 22.8 Å². The summed E-state index contributed by atoms with van der Waals surface area (Å²) in [5.41, 5.74) is 0.189. The largest absolute Gasteiger partial charge is 0.497 e. The highest BCUT2D eigenvalue weighted by Crippen LogP contribution is 2.34. The van der Waals surface area contributed by atoms with Crippen LogP contribution in [0.3, 0.4) is 0 Å². The molecule has 33 heavy (non-hydrogen) atoms. The van der Waals surface area contributed by atoms with Crippen molar-refractivity contribution in [2.24, 2.45) is 0 Å². The molecule has 10 heteroatoms. The molecular weight excluding hydrogens is 437 g/mol. The molecule has 1 aliphatic heterocycles. The standard InChI is InChI=1S/C23H21F3N4O3/c1-33-15-6-4-5-14(11-15)12-20-27-18-9-10-30(13-16(18)21(31)29-20)22(32)28-19-8-3-2-7-17(19)23(24,25)26/h2-8,11H,9-10,12-13H2,1H3,(H,28,32)(H,27,29,31). The molecule has 0 aliphatic carbocycles. The molecule has 2 heterocycles. The van der Waals surface area contributed by atoms with E-state index in [2.05, 4.69) is 15.3 Å². The summed E-state index contributed by atoms with van der Waals surface area (Å²) < 4.78 is 44.8. The maximum absolute atomic E-state index is 13.2. The SMILES string of the molecule is COc1cccc(Cc2nc3c(c(=O)[nH]2)CN(C(=O)Nc2ccccc2C(F)(F)F)CC3)c1. The van der Waals surface area contributed by atoms with Gasteiger partial charge in [-0.3, -0.25) is 4.79 Å². The number of para-hydroxylation sites is 1. The molecule has 0 saturated heterocycles. The van der Waals surface area contributed by atoms with Gasteiger partial charge in [0.2, 0.25) is 0 Å². The number of halogens is 3. The Balaban J connectivity index is 1.50. The Morgan fingerprint density at radius 3 is 2.76 bits per heavy atom. The van der Waals surface area contributed by atoms with Crippen molar-refractivity contribution in [1.82, 2.24) is 14.9 Å². The van der Waals surface area contributed by atoms with E-state index in [0.717, 1.165) is 11.6 Å². The lowest BCUT2D eigenvalue weighted by atomic mass is 10.1. The van der Waals surface area contributed by atoms with Crippen molar-refractivity contribution >= 4 is 11.7 Å². The Hall–Kier alpha value is -3.82. The average molecular weight is 458 g/mol. The van der Waals surface area contributed by atoms with Gasteiger partial charge in [0.15, 0.2) is 0 Å². The lowest BCUT2D eigenvalue weighted by molar-refractivity contribution is -0.136. The minimum atomic E-state index is -4.60. The molecule has 2 N–H and O–H groups in total. The van der Waals surface area contributed by atoms with Gasteiger partial charge < -0.3 is 19.9 Å². The van der Waals surface area contributed by atoms with Gasteiger partial charge >= 0.3 is 12.2 Å². The zero-order valence-corrected chi connectivity index (χ0v) is 17.7. The number of H-pyrrole nitrogens is 1. The highest BCUT2D eigenvalue weighted by Gasteiger charge is 2.34. The first-order chi connectivity index (χ1) is 15.7. The third-order valence-corrected chi connectivity index (χ3v) is 5.38. The normalized spacial score (nSPS) is 13.4. The molecule has 1 aliphatic rings. The van der Waals surface area contributed by atoms with Gasteiger partial charge in [-0.1, -0.05) is 24.3 Å². The predicted octanol–water partition coefficient (Wildman–Crippen LogP) is 3.98. The van der Waals surface area contributed by atoms with E-state index >= 15 is 0 Å². The molecule has 0 bridgehead atoms. The van der Waals surface area contributed by atoms with Crippen molar-refractivity contribution < 1.29 is 22.7 Å². The molecule has 2 aromatic carbocycles. The molecule has 0 atom stereocenters. The number of nitrogens with one attached hydrogen (secondary N) is 2.